The fourth-order valence-corrected chi connectivity index (χ4v) is 1.06. The van der Waals surface area contributed by atoms with E-state index in [1.807, 2.05) is 6.08 Å². The van der Waals surface area contributed by atoms with Gasteiger partial charge in [-0.2, -0.15) is 0 Å². The summed E-state index contributed by atoms with van der Waals surface area (Å²) < 4.78 is 4.86. The van der Waals surface area contributed by atoms with E-state index in [9.17, 15) is 4.79 Å². The van der Waals surface area contributed by atoms with Crippen molar-refractivity contribution in [2.45, 2.75) is 13.3 Å². The second kappa shape index (κ2) is 3.95. The molecule has 0 saturated heterocycles. The van der Waals surface area contributed by atoms with Crippen molar-refractivity contribution in [2.24, 2.45) is 11.7 Å². The van der Waals surface area contributed by atoms with Crippen molar-refractivity contribution < 1.29 is 9.53 Å². The molecule has 0 heterocycles. The molecule has 1 rings (SSSR count). The van der Waals surface area contributed by atoms with Gasteiger partial charge in [-0.05, 0) is 19.4 Å². The monoisotopic (exact) mass is 167 g/mol. The molecule has 3 heteroatoms. The van der Waals surface area contributed by atoms with Crippen LogP contribution in [0.1, 0.15) is 13.3 Å². The Balaban J connectivity index is 2.47. The van der Waals surface area contributed by atoms with Crippen LogP contribution in [0.3, 0.4) is 0 Å². The lowest BCUT2D eigenvalue weighted by Crippen LogP contribution is -2.17. The summed E-state index contributed by atoms with van der Waals surface area (Å²) in [6, 6.07) is 0. The third-order valence-corrected chi connectivity index (χ3v) is 1.72. The highest BCUT2D eigenvalue weighted by atomic mass is 16.5. The maximum atomic E-state index is 11.2. The number of hydrogen-bond acceptors (Lipinski definition) is 3. The zero-order chi connectivity index (χ0) is 8.97. The first kappa shape index (κ1) is 8.84. The summed E-state index contributed by atoms with van der Waals surface area (Å²) in [4.78, 5) is 11.2. The first-order valence-electron chi connectivity index (χ1n) is 4.04. The molecule has 3 nitrogen and oxygen atoms in total. The first-order valence-corrected chi connectivity index (χ1v) is 4.04. The Labute approximate surface area is 71.9 Å². The topological polar surface area (TPSA) is 52.3 Å². The van der Waals surface area contributed by atoms with E-state index in [1.165, 1.54) is 0 Å². The quantitative estimate of drug-likeness (QED) is 0.623. The van der Waals surface area contributed by atoms with Gasteiger partial charge in [-0.3, -0.25) is 4.79 Å². The van der Waals surface area contributed by atoms with Crippen LogP contribution in [-0.2, 0) is 9.53 Å². The van der Waals surface area contributed by atoms with Gasteiger partial charge in [-0.25, -0.2) is 0 Å². The fourth-order valence-electron chi connectivity index (χ4n) is 1.06. The average Bonchev–Trinajstić information content (AvgIpc) is 2.06. The normalized spacial score (nSPS) is 21.8. The molecule has 0 aromatic heterocycles. The molecule has 66 valence electrons. The van der Waals surface area contributed by atoms with E-state index in [4.69, 9.17) is 10.5 Å². The number of nitrogens with two attached hydrogens (primary N) is 1. The second-order valence-electron chi connectivity index (χ2n) is 2.66. The van der Waals surface area contributed by atoms with Crippen LogP contribution in [0.25, 0.3) is 0 Å². The summed E-state index contributed by atoms with van der Waals surface area (Å²) in [5, 5.41) is 0. The van der Waals surface area contributed by atoms with E-state index >= 15 is 0 Å². The van der Waals surface area contributed by atoms with E-state index in [2.05, 4.69) is 0 Å². The summed E-state index contributed by atoms with van der Waals surface area (Å²) in [6.45, 7) is 2.23. The highest BCUT2D eigenvalue weighted by molar-refractivity contribution is 5.75. The number of esters is 1. The Morgan fingerprint density at radius 1 is 1.83 bits per heavy atom. The van der Waals surface area contributed by atoms with Crippen LogP contribution in [0.15, 0.2) is 23.9 Å². The van der Waals surface area contributed by atoms with E-state index in [0.29, 0.717) is 13.0 Å². The summed E-state index contributed by atoms with van der Waals surface area (Å²) in [5.74, 6) is -0.310. The molecule has 1 unspecified atom stereocenters. The molecule has 0 aromatic rings. The standard InChI is InChI=1S/C9H13NO2/c1-2-12-9(11)7-3-5-8(10)6-4-7/h3,5-7H,2,4,10H2,1H3. The molecule has 0 radical (unpaired) electrons. The molecule has 1 aliphatic rings. The minimum atomic E-state index is -0.169. The van der Waals surface area contributed by atoms with Gasteiger partial charge in [0.25, 0.3) is 0 Å². The number of rotatable bonds is 2. The first-order chi connectivity index (χ1) is 5.74. The molecule has 1 aliphatic carbocycles. The second-order valence-corrected chi connectivity index (χ2v) is 2.66. The summed E-state index contributed by atoms with van der Waals surface area (Å²) in [6.07, 6.45) is 6.02. The maximum absolute atomic E-state index is 11.2. The molecular weight excluding hydrogens is 154 g/mol. The zero-order valence-electron chi connectivity index (χ0n) is 7.12. The molecule has 0 bridgehead atoms. The van der Waals surface area contributed by atoms with Crippen molar-refractivity contribution in [3.05, 3.63) is 23.9 Å². The molecule has 0 spiro atoms. The maximum Gasteiger partial charge on any atom is 0.313 e. The predicted octanol–water partition coefficient (Wildman–Crippen LogP) is 0.968. The van der Waals surface area contributed by atoms with Gasteiger partial charge in [0.2, 0.25) is 0 Å². The van der Waals surface area contributed by atoms with Gasteiger partial charge in [0, 0.05) is 5.70 Å². The number of carbonyl (C=O) groups excluding carboxylic acids is 1. The van der Waals surface area contributed by atoms with Crippen LogP contribution in [0.4, 0.5) is 0 Å². The van der Waals surface area contributed by atoms with Crippen molar-refractivity contribution in [2.75, 3.05) is 6.61 Å². The molecule has 0 saturated carbocycles. The van der Waals surface area contributed by atoms with Gasteiger partial charge in [-0.1, -0.05) is 12.2 Å². The Morgan fingerprint density at radius 3 is 3.08 bits per heavy atom. The lowest BCUT2D eigenvalue weighted by Gasteiger charge is -2.12. The Bertz CT molecular complexity index is 231. The molecule has 2 N–H and O–H groups in total. The lowest BCUT2D eigenvalue weighted by molar-refractivity contribution is -0.146. The summed E-state index contributed by atoms with van der Waals surface area (Å²) >= 11 is 0. The smallest absolute Gasteiger partial charge is 0.313 e. The van der Waals surface area contributed by atoms with Crippen LogP contribution in [0.2, 0.25) is 0 Å². The van der Waals surface area contributed by atoms with E-state index in [1.54, 1.807) is 19.1 Å². The van der Waals surface area contributed by atoms with Crippen LogP contribution in [0.5, 0.6) is 0 Å². The number of hydrogen-bond donors (Lipinski definition) is 1. The Morgan fingerprint density at radius 2 is 2.58 bits per heavy atom. The van der Waals surface area contributed by atoms with Crippen molar-refractivity contribution in [1.82, 2.24) is 0 Å². The zero-order valence-corrected chi connectivity index (χ0v) is 7.12. The summed E-state index contributed by atoms with van der Waals surface area (Å²) in [5.41, 5.74) is 6.21. The number of ether oxygens (including phenoxy) is 1. The van der Waals surface area contributed by atoms with Crippen LogP contribution in [-0.4, -0.2) is 12.6 Å². The van der Waals surface area contributed by atoms with Crippen molar-refractivity contribution >= 4 is 5.97 Å². The van der Waals surface area contributed by atoms with E-state index in [-0.39, 0.29) is 11.9 Å². The van der Waals surface area contributed by atoms with Crippen molar-refractivity contribution in [1.29, 1.82) is 0 Å². The average molecular weight is 167 g/mol. The third kappa shape index (κ3) is 2.12. The third-order valence-electron chi connectivity index (χ3n) is 1.72. The largest absolute Gasteiger partial charge is 0.466 e. The summed E-state index contributed by atoms with van der Waals surface area (Å²) in [7, 11) is 0. The number of carbonyl (C=O) groups is 1. The lowest BCUT2D eigenvalue weighted by atomic mass is 10.00. The Kier molecular flexibility index (Phi) is 2.91. The van der Waals surface area contributed by atoms with E-state index < -0.39 is 0 Å². The van der Waals surface area contributed by atoms with Gasteiger partial charge in [0.05, 0.1) is 12.5 Å². The molecule has 0 amide bonds. The van der Waals surface area contributed by atoms with Crippen LogP contribution in [0, 0.1) is 5.92 Å². The molecule has 1 atom stereocenters. The minimum absolute atomic E-state index is 0.141. The highest BCUT2D eigenvalue weighted by Gasteiger charge is 2.17. The number of allylic oxidation sites excluding steroid dienone is 2. The highest BCUT2D eigenvalue weighted by Crippen LogP contribution is 2.14. The molecule has 0 aromatic carbocycles. The molecule has 12 heavy (non-hydrogen) atoms. The van der Waals surface area contributed by atoms with Gasteiger partial charge in [-0.15, -0.1) is 0 Å². The molecular formula is C9H13NO2. The molecule has 0 aliphatic heterocycles. The van der Waals surface area contributed by atoms with Crippen LogP contribution < -0.4 is 5.73 Å². The van der Waals surface area contributed by atoms with E-state index in [0.717, 1.165) is 5.70 Å². The fraction of sp³-hybridized carbons (Fsp3) is 0.444. The van der Waals surface area contributed by atoms with Crippen molar-refractivity contribution in [3.8, 4) is 0 Å². The van der Waals surface area contributed by atoms with Gasteiger partial charge in [0.15, 0.2) is 0 Å². The SMILES string of the molecule is CCOC(=O)C1C=CC(N)=CC1. The van der Waals surface area contributed by atoms with Gasteiger partial charge < -0.3 is 10.5 Å². The van der Waals surface area contributed by atoms with Crippen LogP contribution >= 0.6 is 0 Å². The van der Waals surface area contributed by atoms with Gasteiger partial charge in [0.1, 0.15) is 0 Å². The molecule has 0 fully saturated rings. The predicted molar refractivity (Wildman–Crippen MR) is 46.2 cm³/mol. The van der Waals surface area contributed by atoms with Crippen molar-refractivity contribution in [3.63, 3.8) is 0 Å². The van der Waals surface area contributed by atoms with Gasteiger partial charge >= 0.3 is 5.97 Å². The minimum Gasteiger partial charge on any atom is -0.466 e. The Hall–Kier alpha value is -1.25.